The van der Waals surface area contributed by atoms with Gasteiger partial charge in [-0.1, -0.05) is 88.1 Å². The van der Waals surface area contributed by atoms with Gasteiger partial charge in [-0.3, -0.25) is 86.3 Å². The van der Waals surface area contributed by atoms with Gasteiger partial charge in [-0.15, -0.1) is 11.8 Å². The minimum Gasteiger partial charge on any atom is -0.508 e. The third-order valence-electron chi connectivity index (χ3n) is 23.5. The van der Waals surface area contributed by atoms with Crippen molar-refractivity contribution in [3.8, 4) is 5.75 Å². The summed E-state index contributed by atoms with van der Waals surface area (Å²) in [4.78, 5) is 272. The Balaban J connectivity index is 1.19. The summed E-state index contributed by atoms with van der Waals surface area (Å²) in [5.74, 6) is -18.3. The van der Waals surface area contributed by atoms with Gasteiger partial charge in [0.15, 0.2) is 0 Å². The molecule has 3 saturated heterocycles. The number of fused-ring (bicyclic) bond motifs is 4. The van der Waals surface area contributed by atoms with Gasteiger partial charge < -0.3 is 132 Å². The van der Waals surface area contributed by atoms with Crippen molar-refractivity contribution in [2.24, 2.45) is 34.4 Å². The molecule has 5 aromatic rings. The van der Waals surface area contributed by atoms with Crippen LogP contribution in [0.3, 0.4) is 0 Å². The molecule has 0 saturated carbocycles. The number of aromatic nitrogens is 2. The number of phenolic OH excluding ortho intramolecular Hbond substituents is 1. The maximum absolute atomic E-state index is 15.8. The monoisotopic (exact) mass is 1840 g/mol. The first-order chi connectivity index (χ1) is 62.4. The molecule has 3 aromatic carbocycles. The molecule has 0 aliphatic carbocycles. The second-order valence-electron chi connectivity index (χ2n) is 33.2. The Morgan fingerprint density at radius 3 is 1.61 bits per heavy atom. The fraction of sp³-hybridized carbons (Fsp3) is 0.540. The van der Waals surface area contributed by atoms with Crippen LogP contribution in [-0.2, 0) is 106 Å². The summed E-state index contributed by atoms with van der Waals surface area (Å²) in [6, 6.07) is -2.14. The number of hydrogen-bond acceptors (Lipinski definition) is 24. The highest BCUT2D eigenvalue weighted by Gasteiger charge is 2.47. The second kappa shape index (κ2) is 49.8. The number of phenols is 1. The Morgan fingerprint density at radius 1 is 0.489 bits per heavy atom. The van der Waals surface area contributed by atoms with E-state index in [9.17, 15) is 63.0 Å². The highest BCUT2D eigenvalue weighted by atomic mass is 32.2. The van der Waals surface area contributed by atoms with Crippen LogP contribution in [0.2, 0.25) is 0 Å². The number of nitrogens with one attached hydrogen (secondary N) is 12. The van der Waals surface area contributed by atoms with E-state index in [0.29, 0.717) is 64.2 Å². The lowest BCUT2D eigenvalue weighted by Crippen LogP contribution is -2.61. The van der Waals surface area contributed by atoms with Gasteiger partial charge in [-0.05, 0) is 112 Å². The van der Waals surface area contributed by atoms with Gasteiger partial charge in [0.2, 0.25) is 106 Å². The van der Waals surface area contributed by atoms with E-state index < -0.39 is 254 Å². The first kappa shape index (κ1) is 104. The van der Waals surface area contributed by atoms with Crippen molar-refractivity contribution in [1.82, 2.24) is 87.6 Å². The molecule has 2 aromatic heterocycles. The lowest BCUT2D eigenvalue weighted by atomic mass is 9.99. The van der Waals surface area contributed by atoms with E-state index in [1.54, 1.807) is 60.9 Å². The highest BCUT2D eigenvalue weighted by molar-refractivity contribution is 8.00. The van der Waals surface area contributed by atoms with E-state index in [1.165, 1.54) is 57.2 Å². The Hall–Kier alpha value is -12.8. The molecule has 0 unspecified atom stereocenters. The number of aliphatic hydroxyl groups is 1. The number of aromatic amines is 2. The Kier molecular flexibility index (Phi) is 39.4. The molecule has 43 nitrogen and oxygen atoms in total. The lowest BCUT2D eigenvalue weighted by Gasteiger charge is -2.36. The molecule has 0 bridgehead atoms. The van der Waals surface area contributed by atoms with Crippen LogP contribution in [0.5, 0.6) is 5.75 Å². The first-order valence-corrected chi connectivity index (χ1v) is 45.1. The Morgan fingerprint density at radius 2 is 1.01 bits per heavy atom. The van der Waals surface area contributed by atoms with E-state index in [1.807, 2.05) is 13.8 Å². The SMILES string of the molecule is CCCC[C@H]1C(=O)N(C)[C@@H](CCCC)C(=O)N[C@@H](CCN)C(=O)N[C@H](C(=O)NCC(N)=O)CSCC(=O)N[C@@H](Cc2ccc(O)cc2)C(=O)N(C)[C@@H](C)C(=O)N[C@@H](CC(N)=O)C(=O)N2CCC[C@H]2C(=O)N[C@@H](CN)C(=O)N[C@@H](CCC(N)=O)C(=O)N2C[C@H](O)C[C@H]2C(=O)N[C@@H](Cc2c[nH]c3ccccc23)C(=O)N[C@@H](CCCN)C(=O)N[C@@H](Cc2c[nH]c3ccccc23)C(=O)N1C. The maximum atomic E-state index is 15.8. The quantitative estimate of drug-likeness (QED) is 0.0247. The Bertz CT molecular complexity index is 4920. The predicted molar refractivity (Wildman–Crippen MR) is 481 cm³/mol. The van der Waals surface area contributed by atoms with Gasteiger partial charge in [0.25, 0.3) is 0 Å². The fourth-order valence-electron chi connectivity index (χ4n) is 16.1. The number of benzene rings is 3. The molecule has 15 atom stereocenters. The summed E-state index contributed by atoms with van der Waals surface area (Å²) >= 11 is 0.766. The number of aromatic hydroxyl groups is 1. The summed E-state index contributed by atoms with van der Waals surface area (Å²) < 4.78 is 0. The van der Waals surface area contributed by atoms with E-state index in [-0.39, 0.29) is 89.6 Å². The van der Waals surface area contributed by atoms with E-state index in [0.717, 1.165) is 31.4 Å². The van der Waals surface area contributed by atoms with Gasteiger partial charge in [0.1, 0.15) is 90.3 Å². The predicted octanol–water partition coefficient (Wildman–Crippen LogP) is -4.88. The highest BCUT2D eigenvalue weighted by Crippen LogP contribution is 2.28. The summed E-state index contributed by atoms with van der Waals surface area (Å²) in [6.45, 7) is 2.63. The van der Waals surface area contributed by atoms with Crippen molar-refractivity contribution >= 4 is 140 Å². The molecule has 3 fully saturated rings. The van der Waals surface area contributed by atoms with Crippen LogP contribution < -0.4 is 87.6 Å². The molecule has 0 radical (unpaired) electrons. The van der Waals surface area contributed by atoms with E-state index >= 15 is 33.6 Å². The van der Waals surface area contributed by atoms with Crippen molar-refractivity contribution < 1.29 is 96.5 Å². The number of unbranched alkanes of at least 4 members (excludes halogenated alkanes) is 2. The summed E-state index contributed by atoms with van der Waals surface area (Å²) in [7, 11) is 3.93. The first-order valence-electron chi connectivity index (χ1n) is 43.9. The van der Waals surface area contributed by atoms with Crippen LogP contribution in [0.25, 0.3) is 21.8 Å². The van der Waals surface area contributed by atoms with Crippen LogP contribution in [-0.4, -0.2) is 314 Å². The average molecular weight is 1850 g/mol. The molecular weight excluding hydrogens is 1720 g/mol. The Labute approximate surface area is 761 Å². The number of carbonyl (C=O) groups is 18. The van der Waals surface area contributed by atoms with Crippen molar-refractivity contribution in [1.29, 1.82) is 0 Å². The number of para-hydroxylation sites is 2. The molecule has 8 rings (SSSR count). The molecule has 18 amide bonds. The van der Waals surface area contributed by atoms with Crippen LogP contribution in [0.1, 0.15) is 134 Å². The number of aliphatic hydroxyl groups excluding tert-OH is 1. The van der Waals surface area contributed by atoms with Crippen LogP contribution in [0, 0.1) is 0 Å². The smallest absolute Gasteiger partial charge is 0.246 e. The number of carbonyl (C=O) groups excluding carboxylic acids is 18. The summed E-state index contributed by atoms with van der Waals surface area (Å²) in [5, 5.41) is 49.0. The minimum absolute atomic E-state index is 0.00647. The van der Waals surface area contributed by atoms with Crippen molar-refractivity contribution in [2.75, 3.05) is 71.9 Å². The molecule has 3 aliphatic heterocycles. The normalized spacial score (nSPS) is 25.1. The molecule has 714 valence electrons. The number of hydrogen-bond donors (Lipinski definition) is 20. The van der Waals surface area contributed by atoms with Crippen molar-refractivity contribution in [2.45, 2.75) is 227 Å². The second-order valence-corrected chi connectivity index (χ2v) is 34.2. The van der Waals surface area contributed by atoms with Gasteiger partial charge in [0.05, 0.1) is 24.8 Å². The summed E-state index contributed by atoms with van der Waals surface area (Å²) in [6.07, 6.45) is 0.199. The molecule has 5 heterocycles. The van der Waals surface area contributed by atoms with E-state index in [4.69, 9.17) is 34.4 Å². The summed E-state index contributed by atoms with van der Waals surface area (Å²) in [5.41, 5.74) is 37.8. The fourth-order valence-corrected chi connectivity index (χ4v) is 16.9. The number of likely N-dealkylation sites (N-methyl/N-ethyl adjacent to an activating group) is 3. The largest absolute Gasteiger partial charge is 0.508 e. The topological polar surface area (TPSA) is 672 Å². The van der Waals surface area contributed by atoms with Crippen LogP contribution in [0.15, 0.2) is 85.2 Å². The zero-order valence-corrected chi connectivity index (χ0v) is 75.3. The van der Waals surface area contributed by atoms with Gasteiger partial charge in [0, 0.05) is 113 Å². The molecule has 44 heteroatoms. The van der Waals surface area contributed by atoms with Crippen molar-refractivity contribution in [3.63, 3.8) is 0 Å². The zero-order chi connectivity index (χ0) is 96.0. The van der Waals surface area contributed by atoms with Gasteiger partial charge >= 0.3 is 0 Å². The van der Waals surface area contributed by atoms with Crippen LogP contribution >= 0.6 is 11.8 Å². The third-order valence-corrected chi connectivity index (χ3v) is 24.6. The number of primary amides is 3. The third kappa shape index (κ3) is 28.8. The maximum Gasteiger partial charge on any atom is 0.246 e. The molecule has 3 aliphatic rings. The van der Waals surface area contributed by atoms with Gasteiger partial charge in [-0.25, -0.2) is 0 Å². The van der Waals surface area contributed by atoms with E-state index in [2.05, 4.69) is 63.1 Å². The molecule has 0 spiro atoms. The number of nitrogens with two attached hydrogens (primary N) is 6. The number of amides is 18. The number of rotatable bonds is 26. The van der Waals surface area contributed by atoms with Crippen LogP contribution in [0.4, 0.5) is 0 Å². The number of H-pyrrole nitrogens is 2. The molecule has 131 heavy (non-hydrogen) atoms. The molecule has 26 N–H and O–H groups in total. The standard InChI is InChI=1S/C87H125N23O20S/c1-7-9-22-66-80(123)99-58(31-33-89)77(120)105-65(75(118)96-43-72(93)115)45-131-46-73(116)97-61(35-48-25-27-51(111)28-26-48)83(126)106(4)47(3)74(117)102-63(39-71(92)114)86(129)109-34-16-24-67(109)81(124)104-64(40-90)79(122)100-59(29-30-70(91)113)85(128)110-44-52(112)38-69(110)82(125)101-60(36-49-41-94-55-19-13-11-17-53(49)55)78(121)98-57(21-15-32-88)76(119)103-62(37-50-42-95-56-20-14-12-18-54(50)56)84(127)108(6)68(23-10-8-2)87(130)107(66)5/h11-14,17-20,25-28,41-42,47,52,57-69,94-95,111-112H,7-10,15-16,21-24,29-40,43-46,88-90H2,1-6H3,(H2,91,113)(H2,92,114)(H2,93,115)(H,96,118)(H,97,116)(H,98,121)(H,99,123)(H,100,122)(H,101,125)(H,102,117)(H,103,119)(H,104,124)(H,105,120)/t47-,52+,57-,58-,59-,60-,61-,62-,63-,64-,65-,66-,67-,68-,69-/m0/s1. The average Bonchev–Trinajstić information content (AvgIpc) is 1.70. The number of nitrogens with zero attached hydrogens (tertiary/aromatic N) is 5. The van der Waals surface area contributed by atoms with Crippen molar-refractivity contribution in [3.05, 3.63) is 102 Å². The van der Waals surface area contributed by atoms with Gasteiger partial charge in [-0.2, -0.15) is 0 Å². The zero-order valence-electron chi connectivity index (χ0n) is 74.5. The number of thioether (sulfide) groups is 1. The molecular formula is C87H125N23O20S. The minimum atomic E-state index is -1.80. The lowest BCUT2D eigenvalue weighted by molar-refractivity contribution is -0.149.